The van der Waals surface area contributed by atoms with Crippen LogP contribution >= 0.6 is 23.2 Å². The first-order valence-electron chi connectivity index (χ1n) is 5.38. The molecule has 0 aromatic carbocycles. The Morgan fingerprint density at radius 2 is 2.00 bits per heavy atom. The van der Waals surface area contributed by atoms with Gasteiger partial charge in [0.1, 0.15) is 21.6 Å². The molecule has 0 aliphatic heterocycles. The monoisotopic (exact) mass is 349 g/mol. The van der Waals surface area contributed by atoms with Crippen LogP contribution in [-0.2, 0) is 17.1 Å². The van der Waals surface area contributed by atoms with Crippen LogP contribution in [0.3, 0.4) is 0 Å². The molecule has 2 rings (SSSR count). The number of halogens is 2. The van der Waals surface area contributed by atoms with Gasteiger partial charge in [0.2, 0.25) is 5.28 Å². The van der Waals surface area contributed by atoms with Gasteiger partial charge in [0.25, 0.3) is 15.9 Å². The van der Waals surface area contributed by atoms with Crippen LogP contribution in [0.25, 0.3) is 0 Å². The molecule has 0 fully saturated rings. The minimum absolute atomic E-state index is 0.0152. The standard InChI is InChI=1S/C10H9Cl2N5O3S/c1-17-4-5(2-6(17)9(13)18)21(19,20)16-8-3-7(11)14-10(12)15-8/h2-4H,1H3,(H2,13,18)(H,14,15,16). The van der Waals surface area contributed by atoms with E-state index in [0.717, 1.165) is 6.07 Å². The summed E-state index contributed by atoms with van der Waals surface area (Å²) < 4.78 is 27.9. The van der Waals surface area contributed by atoms with Crippen LogP contribution in [0.1, 0.15) is 10.5 Å². The van der Waals surface area contributed by atoms with Crippen molar-refractivity contribution in [3.8, 4) is 0 Å². The van der Waals surface area contributed by atoms with Crippen LogP contribution in [0.5, 0.6) is 0 Å². The molecule has 2 aromatic rings. The number of carbonyl (C=O) groups is 1. The maximum Gasteiger partial charge on any atom is 0.265 e. The summed E-state index contributed by atoms with van der Waals surface area (Å²) in [6, 6.07) is 2.35. The van der Waals surface area contributed by atoms with Crippen molar-refractivity contribution >= 4 is 45.0 Å². The van der Waals surface area contributed by atoms with Gasteiger partial charge in [-0.1, -0.05) is 11.6 Å². The second kappa shape index (κ2) is 5.51. The van der Waals surface area contributed by atoms with Crippen molar-refractivity contribution < 1.29 is 13.2 Å². The van der Waals surface area contributed by atoms with E-state index < -0.39 is 15.9 Å². The molecule has 0 unspecified atom stereocenters. The van der Waals surface area contributed by atoms with Crippen molar-refractivity contribution in [2.75, 3.05) is 4.72 Å². The molecule has 2 heterocycles. The number of hydrogen-bond acceptors (Lipinski definition) is 5. The Balaban J connectivity index is 2.38. The van der Waals surface area contributed by atoms with Gasteiger partial charge in [-0.15, -0.1) is 0 Å². The first kappa shape index (κ1) is 15.5. The number of hydrogen-bond donors (Lipinski definition) is 2. The molecule has 0 saturated heterocycles. The van der Waals surface area contributed by atoms with E-state index in [1.54, 1.807) is 0 Å². The minimum atomic E-state index is -3.97. The van der Waals surface area contributed by atoms with Crippen LogP contribution in [0.4, 0.5) is 5.82 Å². The van der Waals surface area contributed by atoms with Gasteiger partial charge in [0, 0.05) is 19.3 Å². The fourth-order valence-corrected chi connectivity index (χ4v) is 3.04. The Labute approximate surface area is 129 Å². The first-order chi connectivity index (χ1) is 9.69. The SMILES string of the molecule is Cn1cc(S(=O)(=O)Nc2cc(Cl)nc(Cl)n2)cc1C(N)=O. The fourth-order valence-electron chi connectivity index (χ4n) is 1.56. The lowest BCUT2D eigenvalue weighted by Gasteiger charge is -2.05. The smallest absolute Gasteiger partial charge is 0.265 e. The lowest BCUT2D eigenvalue weighted by atomic mass is 10.4. The maximum absolute atomic E-state index is 12.2. The normalized spacial score (nSPS) is 11.4. The summed E-state index contributed by atoms with van der Waals surface area (Å²) in [6.45, 7) is 0. The number of rotatable bonds is 4. The summed E-state index contributed by atoms with van der Waals surface area (Å²) in [5, 5.41) is -0.218. The molecule has 0 saturated carbocycles. The van der Waals surface area contributed by atoms with Gasteiger partial charge >= 0.3 is 0 Å². The predicted octanol–water partition coefficient (Wildman–Crippen LogP) is 1.02. The number of nitrogens with two attached hydrogens (primary N) is 1. The van der Waals surface area contributed by atoms with Crippen molar-refractivity contribution in [3.05, 3.63) is 34.5 Å². The van der Waals surface area contributed by atoms with E-state index in [1.807, 2.05) is 0 Å². The molecular weight excluding hydrogens is 341 g/mol. The van der Waals surface area contributed by atoms with E-state index in [9.17, 15) is 13.2 Å². The molecular formula is C10H9Cl2N5O3S. The lowest BCUT2D eigenvalue weighted by molar-refractivity contribution is 0.0992. The molecule has 8 nitrogen and oxygen atoms in total. The number of primary amides is 1. The number of sulfonamides is 1. The molecule has 2 aromatic heterocycles. The largest absolute Gasteiger partial charge is 0.364 e. The van der Waals surface area contributed by atoms with Crippen LogP contribution in [0, 0.1) is 0 Å². The highest BCUT2D eigenvalue weighted by molar-refractivity contribution is 7.92. The van der Waals surface area contributed by atoms with Crippen molar-refractivity contribution in [3.63, 3.8) is 0 Å². The average Bonchev–Trinajstić information content (AvgIpc) is 2.70. The van der Waals surface area contributed by atoms with E-state index in [1.165, 1.54) is 23.9 Å². The zero-order valence-electron chi connectivity index (χ0n) is 10.5. The fraction of sp³-hybridized carbons (Fsp3) is 0.100. The quantitative estimate of drug-likeness (QED) is 0.630. The van der Waals surface area contributed by atoms with E-state index in [0.29, 0.717) is 0 Å². The van der Waals surface area contributed by atoms with Gasteiger partial charge in [0.05, 0.1) is 0 Å². The van der Waals surface area contributed by atoms with E-state index >= 15 is 0 Å². The van der Waals surface area contributed by atoms with E-state index in [2.05, 4.69) is 14.7 Å². The van der Waals surface area contributed by atoms with Gasteiger partial charge in [-0.2, -0.15) is 4.98 Å². The van der Waals surface area contributed by atoms with E-state index in [-0.39, 0.29) is 26.8 Å². The Hall–Kier alpha value is -1.84. The Bertz CT molecular complexity index is 798. The van der Waals surface area contributed by atoms with Crippen molar-refractivity contribution in [1.82, 2.24) is 14.5 Å². The molecule has 0 radical (unpaired) electrons. The van der Waals surface area contributed by atoms with Gasteiger partial charge in [0.15, 0.2) is 0 Å². The van der Waals surface area contributed by atoms with Crippen LogP contribution in [0.2, 0.25) is 10.4 Å². The number of amides is 1. The zero-order chi connectivity index (χ0) is 15.8. The van der Waals surface area contributed by atoms with Gasteiger partial charge in [-0.25, -0.2) is 13.4 Å². The number of aryl methyl sites for hydroxylation is 1. The molecule has 0 atom stereocenters. The molecule has 0 aliphatic rings. The molecule has 0 bridgehead atoms. The topological polar surface area (TPSA) is 120 Å². The molecule has 0 spiro atoms. The average molecular weight is 350 g/mol. The molecule has 3 N–H and O–H groups in total. The summed E-state index contributed by atoms with van der Waals surface area (Å²) in [5.74, 6) is -0.837. The summed E-state index contributed by atoms with van der Waals surface area (Å²) in [5.41, 5.74) is 5.18. The maximum atomic E-state index is 12.2. The first-order valence-corrected chi connectivity index (χ1v) is 7.62. The molecule has 21 heavy (non-hydrogen) atoms. The lowest BCUT2D eigenvalue weighted by Crippen LogP contribution is -2.15. The highest BCUT2D eigenvalue weighted by atomic mass is 35.5. The third kappa shape index (κ3) is 3.43. The second-order valence-electron chi connectivity index (χ2n) is 3.99. The van der Waals surface area contributed by atoms with Crippen molar-refractivity contribution in [2.24, 2.45) is 12.8 Å². The number of aromatic nitrogens is 3. The van der Waals surface area contributed by atoms with Crippen molar-refractivity contribution in [1.29, 1.82) is 0 Å². The number of nitrogens with zero attached hydrogens (tertiary/aromatic N) is 3. The Morgan fingerprint density at radius 1 is 1.33 bits per heavy atom. The predicted molar refractivity (Wildman–Crippen MR) is 76.8 cm³/mol. The van der Waals surface area contributed by atoms with Gasteiger partial charge < -0.3 is 10.3 Å². The van der Waals surface area contributed by atoms with Gasteiger partial charge in [-0.05, 0) is 17.7 Å². The number of anilines is 1. The van der Waals surface area contributed by atoms with Gasteiger partial charge in [-0.3, -0.25) is 9.52 Å². The Kier molecular flexibility index (Phi) is 4.08. The third-order valence-corrected chi connectivity index (χ3v) is 4.13. The zero-order valence-corrected chi connectivity index (χ0v) is 12.9. The summed E-state index contributed by atoms with van der Waals surface area (Å²) >= 11 is 11.2. The molecule has 0 aliphatic carbocycles. The number of carbonyl (C=O) groups excluding carboxylic acids is 1. The Morgan fingerprint density at radius 3 is 2.52 bits per heavy atom. The summed E-state index contributed by atoms with van der Waals surface area (Å²) in [7, 11) is -2.47. The summed E-state index contributed by atoms with van der Waals surface area (Å²) in [6.07, 6.45) is 1.24. The second-order valence-corrected chi connectivity index (χ2v) is 6.39. The van der Waals surface area contributed by atoms with Crippen LogP contribution in [-0.4, -0.2) is 28.9 Å². The highest BCUT2D eigenvalue weighted by Gasteiger charge is 2.20. The summed E-state index contributed by atoms with van der Waals surface area (Å²) in [4.78, 5) is 18.3. The van der Waals surface area contributed by atoms with Crippen molar-refractivity contribution in [2.45, 2.75) is 4.90 Å². The minimum Gasteiger partial charge on any atom is -0.364 e. The highest BCUT2D eigenvalue weighted by Crippen LogP contribution is 2.20. The number of nitrogens with one attached hydrogen (secondary N) is 1. The molecule has 112 valence electrons. The molecule has 11 heteroatoms. The third-order valence-electron chi connectivity index (χ3n) is 2.45. The van der Waals surface area contributed by atoms with Crippen LogP contribution in [0.15, 0.2) is 23.2 Å². The van der Waals surface area contributed by atoms with Crippen LogP contribution < -0.4 is 10.5 Å². The van der Waals surface area contributed by atoms with E-state index in [4.69, 9.17) is 28.9 Å². The molecule has 1 amide bonds.